The molecule has 56 valence electrons. The highest BCUT2D eigenvalue weighted by Crippen LogP contribution is 1.81. The van der Waals surface area contributed by atoms with Crippen molar-refractivity contribution < 1.29 is 18.6 Å². The number of ether oxygens (including phenoxy) is 1. The summed E-state index contributed by atoms with van der Waals surface area (Å²) in [6.45, 7) is 0.329. The van der Waals surface area contributed by atoms with Crippen molar-refractivity contribution in [3.63, 3.8) is 0 Å². The van der Waals surface area contributed by atoms with Crippen molar-refractivity contribution in [2.75, 3.05) is 19.2 Å². The monoisotopic (exact) mass is 153 g/mol. The fourth-order valence-corrected chi connectivity index (χ4v) is 0.548. The topological polar surface area (TPSA) is 69.6 Å². The van der Waals surface area contributed by atoms with E-state index in [0.29, 0.717) is 13.0 Å². The average molecular weight is 153 g/mol. The molecule has 0 rings (SSSR count). The number of aliphatic hydroxyl groups is 1. The van der Waals surface area contributed by atoms with Gasteiger partial charge in [0.05, 0.1) is 0 Å². The standard InChI is InChI=1S/C4H10O4S/c5-2-1-3-8-4-9(6)7/h5H,1-4H2,(H,6,7)/p-1. The van der Waals surface area contributed by atoms with Crippen LogP contribution in [0.15, 0.2) is 0 Å². The lowest BCUT2D eigenvalue weighted by Crippen LogP contribution is -2.03. The summed E-state index contributed by atoms with van der Waals surface area (Å²) in [6.07, 6.45) is 0.483. The first-order chi connectivity index (χ1) is 4.27. The van der Waals surface area contributed by atoms with Crippen molar-refractivity contribution in [2.45, 2.75) is 6.42 Å². The molecule has 0 bridgehead atoms. The van der Waals surface area contributed by atoms with Crippen molar-refractivity contribution in [2.24, 2.45) is 0 Å². The molecule has 0 aliphatic rings. The molecule has 0 fully saturated rings. The molecule has 0 aliphatic carbocycles. The molecule has 0 amide bonds. The Morgan fingerprint density at radius 1 is 1.67 bits per heavy atom. The minimum absolute atomic E-state index is 0.0332. The largest absolute Gasteiger partial charge is 0.771 e. The van der Waals surface area contributed by atoms with Gasteiger partial charge in [-0.15, -0.1) is 0 Å². The van der Waals surface area contributed by atoms with Gasteiger partial charge in [-0.1, -0.05) is 0 Å². The molecule has 4 nitrogen and oxygen atoms in total. The lowest BCUT2D eigenvalue weighted by Gasteiger charge is -2.04. The van der Waals surface area contributed by atoms with E-state index >= 15 is 0 Å². The van der Waals surface area contributed by atoms with E-state index in [0.717, 1.165) is 0 Å². The summed E-state index contributed by atoms with van der Waals surface area (Å²) in [5.74, 6) is -0.278. The van der Waals surface area contributed by atoms with Gasteiger partial charge in [0.25, 0.3) is 0 Å². The zero-order chi connectivity index (χ0) is 7.11. The fourth-order valence-electron chi connectivity index (χ4n) is 0.294. The summed E-state index contributed by atoms with van der Waals surface area (Å²) in [7, 11) is 0. The fraction of sp³-hybridized carbons (Fsp3) is 1.00. The van der Waals surface area contributed by atoms with Crippen LogP contribution in [0.3, 0.4) is 0 Å². The predicted octanol–water partition coefficient (Wildman–Crippen LogP) is -0.778. The number of aliphatic hydroxyl groups excluding tert-OH is 1. The zero-order valence-electron chi connectivity index (χ0n) is 4.91. The SMILES string of the molecule is O=S([O-])COCCCO. The predicted molar refractivity (Wildman–Crippen MR) is 31.4 cm³/mol. The summed E-state index contributed by atoms with van der Waals surface area (Å²) < 4.78 is 24.1. The highest BCUT2D eigenvalue weighted by atomic mass is 32.2. The quantitative estimate of drug-likeness (QED) is 0.415. The van der Waals surface area contributed by atoms with Gasteiger partial charge in [0, 0.05) is 13.2 Å². The molecule has 1 atom stereocenters. The van der Waals surface area contributed by atoms with Gasteiger partial charge >= 0.3 is 0 Å². The molecule has 0 spiro atoms. The first kappa shape index (κ1) is 9.03. The molecule has 5 heteroatoms. The Bertz CT molecular complexity index is 84.6. The lowest BCUT2D eigenvalue weighted by molar-refractivity contribution is 0.149. The second kappa shape index (κ2) is 6.15. The Balaban J connectivity index is 2.83. The summed E-state index contributed by atoms with van der Waals surface area (Å²) >= 11 is -2.12. The van der Waals surface area contributed by atoms with E-state index < -0.39 is 11.1 Å². The van der Waals surface area contributed by atoms with E-state index in [1.54, 1.807) is 0 Å². The van der Waals surface area contributed by atoms with Crippen LogP contribution in [0, 0.1) is 0 Å². The number of hydrogen-bond acceptors (Lipinski definition) is 4. The third kappa shape index (κ3) is 8.03. The molecule has 1 N–H and O–H groups in total. The van der Waals surface area contributed by atoms with Gasteiger partial charge in [-0.2, -0.15) is 0 Å². The van der Waals surface area contributed by atoms with Crippen molar-refractivity contribution in [1.29, 1.82) is 0 Å². The second-order valence-corrected chi connectivity index (χ2v) is 2.25. The number of rotatable bonds is 5. The molecule has 0 saturated heterocycles. The van der Waals surface area contributed by atoms with Crippen LogP contribution in [0.2, 0.25) is 0 Å². The summed E-state index contributed by atoms with van der Waals surface area (Å²) in [5.41, 5.74) is 0. The maximum atomic E-state index is 9.77. The van der Waals surface area contributed by atoms with Crippen LogP contribution in [-0.4, -0.2) is 33.0 Å². The molecular formula is C4H9O4S-. The van der Waals surface area contributed by atoms with Crippen molar-refractivity contribution in [3.8, 4) is 0 Å². The highest BCUT2D eigenvalue weighted by Gasteiger charge is 1.84. The van der Waals surface area contributed by atoms with Crippen molar-refractivity contribution in [1.82, 2.24) is 0 Å². The third-order valence-electron chi connectivity index (χ3n) is 0.626. The molecule has 0 radical (unpaired) electrons. The van der Waals surface area contributed by atoms with E-state index in [4.69, 9.17) is 5.11 Å². The first-order valence-corrected chi connectivity index (χ1v) is 3.76. The van der Waals surface area contributed by atoms with E-state index in [2.05, 4.69) is 4.74 Å². The van der Waals surface area contributed by atoms with E-state index in [9.17, 15) is 8.76 Å². The Morgan fingerprint density at radius 3 is 2.78 bits per heavy atom. The zero-order valence-corrected chi connectivity index (χ0v) is 5.73. The van der Waals surface area contributed by atoms with Gasteiger partial charge in [-0.3, -0.25) is 4.21 Å². The van der Waals surface area contributed by atoms with Crippen LogP contribution in [0.25, 0.3) is 0 Å². The maximum Gasteiger partial charge on any atom is 0.108 e. The Hall–Kier alpha value is 0.0300. The Kier molecular flexibility index (Phi) is 6.18. The van der Waals surface area contributed by atoms with Crippen LogP contribution in [-0.2, 0) is 15.8 Å². The summed E-state index contributed by atoms with van der Waals surface area (Å²) in [4.78, 5) is 0. The molecule has 9 heavy (non-hydrogen) atoms. The molecule has 1 unspecified atom stereocenters. The van der Waals surface area contributed by atoms with Gasteiger partial charge in [0.1, 0.15) is 5.94 Å². The second-order valence-electron chi connectivity index (χ2n) is 1.41. The normalized spacial score (nSPS) is 13.6. The Labute approximate surface area is 56.1 Å². The third-order valence-corrected chi connectivity index (χ3v) is 0.985. The molecule has 0 aromatic rings. The van der Waals surface area contributed by atoms with E-state index in [1.165, 1.54) is 0 Å². The van der Waals surface area contributed by atoms with E-state index in [1.807, 2.05) is 0 Å². The van der Waals surface area contributed by atoms with Gasteiger partial charge in [0.2, 0.25) is 0 Å². The molecule has 0 aromatic heterocycles. The van der Waals surface area contributed by atoms with Crippen LogP contribution >= 0.6 is 0 Å². The molecule has 0 aliphatic heterocycles. The molecule has 0 saturated carbocycles. The smallest absolute Gasteiger partial charge is 0.108 e. The van der Waals surface area contributed by atoms with Crippen LogP contribution in [0.4, 0.5) is 0 Å². The van der Waals surface area contributed by atoms with Gasteiger partial charge in [-0.25, -0.2) is 0 Å². The van der Waals surface area contributed by atoms with Crippen LogP contribution in [0.5, 0.6) is 0 Å². The minimum atomic E-state index is -2.12. The van der Waals surface area contributed by atoms with Gasteiger partial charge in [-0.05, 0) is 17.5 Å². The summed E-state index contributed by atoms with van der Waals surface area (Å²) in [6, 6.07) is 0. The highest BCUT2D eigenvalue weighted by molar-refractivity contribution is 7.78. The van der Waals surface area contributed by atoms with Crippen LogP contribution in [0.1, 0.15) is 6.42 Å². The van der Waals surface area contributed by atoms with Crippen molar-refractivity contribution in [3.05, 3.63) is 0 Å². The van der Waals surface area contributed by atoms with Gasteiger partial charge in [0.15, 0.2) is 0 Å². The van der Waals surface area contributed by atoms with E-state index in [-0.39, 0.29) is 12.5 Å². The van der Waals surface area contributed by atoms with Crippen molar-refractivity contribution >= 4 is 11.1 Å². The molecular weight excluding hydrogens is 144 g/mol. The minimum Gasteiger partial charge on any atom is -0.771 e. The molecule has 0 heterocycles. The first-order valence-electron chi connectivity index (χ1n) is 2.52. The maximum absolute atomic E-state index is 9.77. The summed E-state index contributed by atoms with van der Waals surface area (Å²) in [5, 5.41) is 8.20. The lowest BCUT2D eigenvalue weighted by atomic mass is 10.5. The Morgan fingerprint density at radius 2 is 2.33 bits per heavy atom. The number of hydrogen-bond donors (Lipinski definition) is 1. The van der Waals surface area contributed by atoms with Crippen LogP contribution < -0.4 is 0 Å². The molecule has 0 aromatic carbocycles. The average Bonchev–Trinajstić information content (AvgIpc) is 1.80. The van der Waals surface area contributed by atoms with Gasteiger partial charge < -0.3 is 14.4 Å².